The summed E-state index contributed by atoms with van der Waals surface area (Å²) < 4.78 is 1.74. The molecule has 2 aromatic heterocycles. The highest BCUT2D eigenvalue weighted by Gasteiger charge is 2.12. The van der Waals surface area contributed by atoms with Crippen LogP contribution in [-0.2, 0) is 4.79 Å². The van der Waals surface area contributed by atoms with Gasteiger partial charge in [-0.05, 0) is 36.6 Å². The van der Waals surface area contributed by atoms with Gasteiger partial charge in [-0.15, -0.1) is 22.0 Å². The van der Waals surface area contributed by atoms with Crippen LogP contribution in [0, 0.1) is 0 Å². The van der Waals surface area contributed by atoms with Gasteiger partial charge in [-0.25, -0.2) is 0 Å². The van der Waals surface area contributed by atoms with Gasteiger partial charge in [-0.2, -0.15) is 9.61 Å². The second-order valence-corrected chi connectivity index (χ2v) is 7.60. The summed E-state index contributed by atoms with van der Waals surface area (Å²) >= 11 is 3.04. The molecule has 8 heteroatoms. The number of hydrogen-bond donors (Lipinski definition) is 1. The van der Waals surface area contributed by atoms with E-state index < -0.39 is 0 Å². The lowest BCUT2D eigenvalue weighted by Crippen LogP contribution is -2.14. The lowest BCUT2D eigenvalue weighted by Gasteiger charge is -2.07. The minimum Gasteiger partial charge on any atom is -0.325 e. The van der Waals surface area contributed by atoms with Crippen molar-refractivity contribution in [2.75, 3.05) is 17.3 Å². The topological polar surface area (TPSA) is 72.2 Å². The first kappa shape index (κ1) is 17.8. The first-order chi connectivity index (χ1) is 12.1. The Labute approximate surface area is 154 Å². The number of anilines is 1. The zero-order chi connectivity index (χ0) is 17.8. The number of aromatic nitrogens is 4. The van der Waals surface area contributed by atoms with Gasteiger partial charge >= 0.3 is 0 Å². The summed E-state index contributed by atoms with van der Waals surface area (Å²) in [4.78, 5) is 13.3. The number of fused-ring (bicyclic) bond motifs is 1. The van der Waals surface area contributed by atoms with Crippen LogP contribution in [0.3, 0.4) is 0 Å². The average molecular weight is 374 g/mol. The summed E-state index contributed by atoms with van der Waals surface area (Å²) in [6, 6.07) is 11.5. The molecule has 6 nitrogen and oxygen atoms in total. The van der Waals surface area contributed by atoms with Crippen molar-refractivity contribution >= 4 is 40.8 Å². The fourth-order valence-corrected chi connectivity index (χ4v) is 3.38. The summed E-state index contributed by atoms with van der Waals surface area (Å²) in [6.45, 7) is 4.10. The molecule has 0 fully saturated rings. The molecule has 0 saturated carbocycles. The normalized spacial score (nSPS) is 11.2. The van der Waals surface area contributed by atoms with Crippen LogP contribution in [0.5, 0.6) is 0 Å². The number of carbonyl (C=O) groups is 1. The SMILES string of the molecule is CSc1cccc(NC(=O)CSc2ccc3nnc(C(C)C)n3n2)c1. The standard InChI is InChI=1S/C17H19N5OS2/c1-11(2)17-20-19-14-7-8-16(21-22(14)17)25-10-15(23)18-12-5-4-6-13(9-12)24-3/h4-9,11H,10H2,1-3H3,(H,18,23). The Morgan fingerprint density at radius 1 is 1.24 bits per heavy atom. The van der Waals surface area contributed by atoms with Gasteiger partial charge in [-0.3, -0.25) is 4.79 Å². The minimum atomic E-state index is -0.0574. The van der Waals surface area contributed by atoms with Crippen molar-refractivity contribution < 1.29 is 4.79 Å². The smallest absolute Gasteiger partial charge is 0.234 e. The van der Waals surface area contributed by atoms with Crippen molar-refractivity contribution in [2.45, 2.75) is 29.7 Å². The van der Waals surface area contributed by atoms with E-state index in [4.69, 9.17) is 0 Å². The fraction of sp³-hybridized carbons (Fsp3) is 0.294. The Morgan fingerprint density at radius 2 is 2.08 bits per heavy atom. The zero-order valence-corrected chi connectivity index (χ0v) is 15.9. The van der Waals surface area contributed by atoms with E-state index in [0.717, 1.165) is 21.4 Å². The molecule has 0 unspecified atom stereocenters. The molecule has 0 aliphatic rings. The van der Waals surface area contributed by atoms with Crippen LogP contribution in [0.25, 0.3) is 5.65 Å². The van der Waals surface area contributed by atoms with Crippen molar-refractivity contribution in [2.24, 2.45) is 0 Å². The van der Waals surface area contributed by atoms with Crippen molar-refractivity contribution in [3.05, 3.63) is 42.2 Å². The molecular formula is C17H19N5OS2. The molecule has 1 aromatic carbocycles. The molecule has 25 heavy (non-hydrogen) atoms. The zero-order valence-electron chi connectivity index (χ0n) is 14.3. The Hall–Kier alpha value is -2.06. The van der Waals surface area contributed by atoms with Crippen LogP contribution >= 0.6 is 23.5 Å². The third-order valence-corrected chi connectivity index (χ3v) is 5.13. The average Bonchev–Trinajstić information content (AvgIpc) is 3.03. The van der Waals surface area contributed by atoms with Crippen molar-refractivity contribution in [1.82, 2.24) is 19.8 Å². The van der Waals surface area contributed by atoms with Gasteiger partial charge < -0.3 is 5.32 Å². The minimum absolute atomic E-state index is 0.0574. The predicted molar refractivity (Wildman–Crippen MR) is 102 cm³/mol. The number of nitrogens with zero attached hydrogens (tertiary/aromatic N) is 4. The number of thioether (sulfide) groups is 2. The van der Waals surface area contributed by atoms with Gasteiger partial charge in [0.2, 0.25) is 5.91 Å². The summed E-state index contributed by atoms with van der Waals surface area (Å²) in [5, 5.41) is 16.5. The van der Waals surface area contributed by atoms with E-state index in [2.05, 4.69) is 20.6 Å². The molecule has 2 heterocycles. The molecule has 0 aliphatic carbocycles. The van der Waals surface area contributed by atoms with E-state index in [1.54, 1.807) is 16.3 Å². The lowest BCUT2D eigenvalue weighted by molar-refractivity contribution is -0.113. The molecule has 0 radical (unpaired) electrons. The number of hydrogen-bond acceptors (Lipinski definition) is 6. The first-order valence-corrected chi connectivity index (χ1v) is 10.1. The summed E-state index contributed by atoms with van der Waals surface area (Å²) in [6.07, 6.45) is 2.01. The summed E-state index contributed by atoms with van der Waals surface area (Å²) in [5.41, 5.74) is 1.52. The number of carbonyl (C=O) groups excluding carboxylic acids is 1. The quantitative estimate of drug-likeness (QED) is 0.664. The number of rotatable bonds is 6. The highest BCUT2D eigenvalue weighted by Crippen LogP contribution is 2.21. The fourth-order valence-electron chi connectivity index (χ4n) is 2.26. The highest BCUT2D eigenvalue weighted by molar-refractivity contribution is 8.00. The van der Waals surface area contributed by atoms with Gasteiger partial charge in [0.05, 0.1) is 5.75 Å². The van der Waals surface area contributed by atoms with Crippen molar-refractivity contribution in [3.63, 3.8) is 0 Å². The van der Waals surface area contributed by atoms with Crippen molar-refractivity contribution in [1.29, 1.82) is 0 Å². The second kappa shape index (κ2) is 7.88. The van der Waals surface area contributed by atoms with Crippen LogP contribution in [0.2, 0.25) is 0 Å². The van der Waals surface area contributed by atoms with E-state index >= 15 is 0 Å². The van der Waals surface area contributed by atoms with Crippen LogP contribution in [0.1, 0.15) is 25.6 Å². The molecule has 0 saturated heterocycles. The summed E-state index contributed by atoms with van der Waals surface area (Å²) in [5.74, 6) is 1.28. The van der Waals surface area contributed by atoms with E-state index in [0.29, 0.717) is 11.4 Å². The second-order valence-electron chi connectivity index (χ2n) is 5.72. The maximum Gasteiger partial charge on any atom is 0.234 e. The maximum absolute atomic E-state index is 12.2. The molecule has 3 aromatic rings. The van der Waals surface area contributed by atoms with Gasteiger partial charge in [0.25, 0.3) is 0 Å². The van der Waals surface area contributed by atoms with E-state index in [1.807, 2.05) is 56.5 Å². The highest BCUT2D eigenvalue weighted by atomic mass is 32.2. The van der Waals surface area contributed by atoms with Gasteiger partial charge in [0, 0.05) is 16.5 Å². The molecule has 3 rings (SSSR count). The Balaban J connectivity index is 1.65. The molecule has 0 atom stereocenters. The van der Waals surface area contributed by atoms with Crippen LogP contribution < -0.4 is 5.32 Å². The van der Waals surface area contributed by atoms with E-state index in [9.17, 15) is 4.79 Å². The molecule has 0 spiro atoms. The van der Waals surface area contributed by atoms with Crippen LogP contribution in [0.15, 0.2) is 46.3 Å². The molecule has 1 amide bonds. The first-order valence-electron chi connectivity index (χ1n) is 7.86. The monoisotopic (exact) mass is 373 g/mol. The number of benzene rings is 1. The predicted octanol–water partition coefficient (Wildman–Crippen LogP) is 3.70. The summed E-state index contributed by atoms with van der Waals surface area (Å²) in [7, 11) is 0. The van der Waals surface area contributed by atoms with Gasteiger partial charge in [0.1, 0.15) is 5.03 Å². The largest absolute Gasteiger partial charge is 0.325 e. The van der Waals surface area contributed by atoms with Gasteiger partial charge in [0.15, 0.2) is 11.5 Å². The van der Waals surface area contributed by atoms with E-state index in [1.165, 1.54) is 11.8 Å². The molecule has 0 aliphatic heterocycles. The molecule has 1 N–H and O–H groups in total. The van der Waals surface area contributed by atoms with E-state index in [-0.39, 0.29) is 11.8 Å². The molecule has 130 valence electrons. The Kier molecular flexibility index (Phi) is 5.60. The number of nitrogens with one attached hydrogen (secondary N) is 1. The van der Waals surface area contributed by atoms with Crippen LogP contribution in [0.4, 0.5) is 5.69 Å². The Morgan fingerprint density at radius 3 is 2.84 bits per heavy atom. The Bertz CT molecular complexity index is 894. The third-order valence-electron chi connectivity index (χ3n) is 3.48. The van der Waals surface area contributed by atoms with Gasteiger partial charge in [-0.1, -0.05) is 31.7 Å². The van der Waals surface area contributed by atoms with Crippen molar-refractivity contribution in [3.8, 4) is 0 Å². The maximum atomic E-state index is 12.2. The number of amides is 1. The lowest BCUT2D eigenvalue weighted by atomic mass is 10.2. The molecule has 0 bridgehead atoms. The van der Waals surface area contributed by atoms with Crippen LogP contribution in [-0.4, -0.2) is 37.7 Å². The third kappa shape index (κ3) is 4.32. The molecular weight excluding hydrogens is 354 g/mol.